The second-order valence-corrected chi connectivity index (χ2v) is 9.66. The summed E-state index contributed by atoms with van der Waals surface area (Å²) in [6.45, 7) is 8.29. The first kappa shape index (κ1) is 23.9. The molecule has 0 bridgehead atoms. The van der Waals surface area contributed by atoms with E-state index in [0.29, 0.717) is 29.4 Å². The third kappa shape index (κ3) is 5.62. The summed E-state index contributed by atoms with van der Waals surface area (Å²) in [6.07, 6.45) is 0. The third-order valence-corrected chi connectivity index (χ3v) is 6.62. The fraction of sp³-hybridized carbons (Fsp3) is 0.476. The highest BCUT2D eigenvalue weighted by atomic mass is 32.2. The molecule has 1 aromatic carbocycles. The number of aliphatic imine (C=N–C) groups is 1. The van der Waals surface area contributed by atoms with Crippen LogP contribution >= 0.6 is 0 Å². The fourth-order valence-electron chi connectivity index (χ4n) is 3.11. The van der Waals surface area contributed by atoms with Gasteiger partial charge in [-0.1, -0.05) is 18.2 Å². The molecule has 1 heterocycles. The lowest BCUT2D eigenvalue weighted by atomic mass is 9.96. The van der Waals surface area contributed by atoms with Crippen molar-refractivity contribution < 1.29 is 17.9 Å². The van der Waals surface area contributed by atoms with Gasteiger partial charge in [0.1, 0.15) is 17.1 Å². The summed E-state index contributed by atoms with van der Waals surface area (Å²) >= 11 is 0. The van der Waals surface area contributed by atoms with Gasteiger partial charge >= 0.3 is 0 Å². The Labute approximate surface area is 179 Å². The molecule has 0 spiro atoms. The Morgan fingerprint density at radius 3 is 2.47 bits per heavy atom. The predicted octanol–water partition coefficient (Wildman–Crippen LogP) is 2.11. The molecule has 9 heteroatoms. The highest BCUT2D eigenvalue weighted by Crippen LogP contribution is 2.26. The number of guanidine groups is 1. The second kappa shape index (κ2) is 9.63. The molecule has 3 N–H and O–H groups in total. The van der Waals surface area contributed by atoms with E-state index in [1.165, 1.54) is 18.4 Å². The van der Waals surface area contributed by atoms with Gasteiger partial charge in [0.2, 0.25) is 10.0 Å². The maximum Gasteiger partial charge on any atom is 0.242 e. The van der Waals surface area contributed by atoms with Crippen LogP contribution in [-0.2, 0) is 22.2 Å². The summed E-state index contributed by atoms with van der Waals surface area (Å²) in [5.74, 6) is 1.89. The zero-order valence-electron chi connectivity index (χ0n) is 18.5. The molecule has 0 aliphatic rings. The maximum absolute atomic E-state index is 12.6. The van der Waals surface area contributed by atoms with Crippen LogP contribution in [0.4, 0.5) is 0 Å². The van der Waals surface area contributed by atoms with E-state index in [1.54, 1.807) is 31.2 Å². The van der Waals surface area contributed by atoms with Crippen molar-refractivity contribution >= 4 is 16.0 Å². The topological polar surface area (TPSA) is 107 Å². The first-order valence-electron chi connectivity index (χ1n) is 9.81. The van der Waals surface area contributed by atoms with Gasteiger partial charge in [0, 0.05) is 26.2 Å². The summed E-state index contributed by atoms with van der Waals surface area (Å²) in [7, 11) is -0.564. The van der Waals surface area contributed by atoms with Crippen molar-refractivity contribution in [3.63, 3.8) is 0 Å². The molecule has 1 atom stereocenters. The molecule has 0 saturated carbocycles. The molecule has 0 aliphatic carbocycles. The number of aliphatic hydroxyl groups is 1. The second-order valence-electron chi connectivity index (χ2n) is 7.54. The number of hydrogen-bond donors (Lipinski definition) is 3. The molecule has 30 heavy (non-hydrogen) atoms. The molecule has 0 saturated heterocycles. The van der Waals surface area contributed by atoms with Crippen molar-refractivity contribution in [2.75, 3.05) is 27.2 Å². The molecule has 0 fully saturated rings. The van der Waals surface area contributed by atoms with Gasteiger partial charge in [-0.2, -0.15) is 0 Å². The number of sulfonamides is 1. The summed E-state index contributed by atoms with van der Waals surface area (Å²) in [5, 5.41) is 17.2. The van der Waals surface area contributed by atoms with Gasteiger partial charge in [-0.3, -0.25) is 0 Å². The number of hydrogen-bond acceptors (Lipinski definition) is 5. The molecule has 0 aliphatic heterocycles. The van der Waals surface area contributed by atoms with Gasteiger partial charge in [0.15, 0.2) is 5.96 Å². The van der Waals surface area contributed by atoms with Gasteiger partial charge < -0.3 is 20.2 Å². The lowest BCUT2D eigenvalue weighted by molar-refractivity contribution is 0.0601. The van der Waals surface area contributed by atoms with E-state index in [-0.39, 0.29) is 18.0 Å². The zero-order valence-corrected chi connectivity index (χ0v) is 19.3. The first-order chi connectivity index (χ1) is 14.0. The van der Waals surface area contributed by atoms with Crippen molar-refractivity contribution in [1.82, 2.24) is 14.9 Å². The molecular weight excluding hydrogens is 404 g/mol. The monoisotopic (exact) mass is 436 g/mol. The van der Waals surface area contributed by atoms with E-state index >= 15 is 0 Å². The lowest BCUT2D eigenvalue weighted by Gasteiger charge is -2.24. The maximum atomic E-state index is 12.6. The average Bonchev–Trinajstić information content (AvgIpc) is 3.03. The fourth-order valence-corrected chi connectivity index (χ4v) is 4.21. The molecule has 1 unspecified atom stereocenters. The number of aryl methyl sites for hydroxylation is 2. The predicted molar refractivity (Wildman–Crippen MR) is 118 cm³/mol. The van der Waals surface area contributed by atoms with E-state index in [1.807, 2.05) is 26.8 Å². The van der Waals surface area contributed by atoms with Crippen LogP contribution in [-0.4, -0.2) is 51.0 Å². The van der Waals surface area contributed by atoms with E-state index in [2.05, 4.69) is 15.6 Å². The molecule has 1 aromatic heterocycles. The Balaban J connectivity index is 2.21. The quantitative estimate of drug-likeness (QED) is 0.432. The van der Waals surface area contributed by atoms with Crippen LogP contribution in [0, 0.1) is 13.8 Å². The van der Waals surface area contributed by atoms with E-state index < -0.39 is 15.6 Å². The number of rotatable bonds is 8. The lowest BCUT2D eigenvalue weighted by Crippen LogP contribution is -2.44. The average molecular weight is 437 g/mol. The van der Waals surface area contributed by atoms with E-state index in [4.69, 9.17) is 4.42 Å². The number of nitrogens with zero attached hydrogens (tertiary/aromatic N) is 2. The number of furan rings is 1. The highest BCUT2D eigenvalue weighted by molar-refractivity contribution is 7.89. The van der Waals surface area contributed by atoms with Crippen LogP contribution in [0.3, 0.4) is 0 Å². The molecule has 2 rings (SSSR count). The minimum atomic E-state index is -3.57. The van der Waals surface area contributed by atoms with Crippen molar-refractivity contribution in [3.8, 4) is 0 Å². The van der Waals surface area contributed by atoms with Crippen LogP contribution in [0.1, 0.15) is 36.5 Å². The van der Waals surface area contributed by atoms with Gasteiger partial charge in [-0.05, 0) is 45.4 Å². The van der Waals surface area contributed by atoms with Crippen LogP contribution in [0.25, 0.3) is 0 Å². The Morgan fingerprint density at radius 1 is 1.23 bits per heavy atom. The third-order valence-electron chi connectivity index (χ3n) is 4.70. The largest absolute Gasteiger partial charge is 0.466 e. The minimum Gasteiger partial charge on any atom is -0.466 e. The summed E-state index contributed by atoms with van der Waals surface area (Å²) in [6, 6.07) is 8.63. The SMILES string of the molecule is CCNC(=NCc1ccccc1S(=O)(=O)N(C)C)NCC(C)(O)c1cc(C)oc1C. The molecule has 0 radical (unpaired) electrons. The Kier molecular flexibility index (Phi) is 7.68. The van der Waals surface area contributed by atoms with Crippen molar-refractivity contribution in [2.45, 2.75) is 44.7 Å². The van der Waals surface area contributed by atoms with Gasteiger partial charge in [-0.25, -0.2) is 17.7 Å². The van der Waals surface area contributed by atoms with Crippen molar-refractivity contribution in [2.24, 2.45) is 4.99 Å². The molecule has 166 valence electrons. The summed E-state index contributed by atoms with van der Waals surface area (Å²) in [5.41, 5.74) is 0.145. The molecule has 0 amide bonds. The van der Waals surface area contributed by atoms with Crippen LogP contribution in [0.2, 0.25) is 0 Å². The van der Waals surface area contributed by atoms with E-state index in [9.17, 15) is 13.5 Å². The molecular formula is C21H32N4O4S. The number of benzene rings is 1. The standard InChI is InChI=1S/C21H32N4O4S/c1-7-22-20(24-14-21(4,26)18-12-15(2)29-16(18)3)23-13-17-10-8-9-11-19(17)30(27,28)25(5)6/h8-12,26H,7,13-14H2,1-6H3,(H2,22,23,24). The summed E-state index contributed by atoms with van der Waals surface area (Å²) in [4.78, 5) is 4.75. The van der Waals surface area contributed by atoms with Gasteiger partial charge in [-0.15, -0.1) is 0 Å². The molecule has 2 aromatic rings. The zero-order chi connectivity index (χ0) is 22.5. The Hall–Kier alpha value is -2.36. The van der Waals surface area contributed by atoms with Gasteiger partial charge in [0.05, 0.1) is 18.0 Å². The molecule has 8 nitrogen and oxygen atoms in total. The van der Waals surface area contributed by atoms with Crippen LogP contribution < -0.4 is 10.6 Å². The summed E-state index contributed by atoms with van der Waals surface area (Å²) < 4.78 is 31.9. The van der Waals surface area contributed by atoms with Crippen molar-refractivity contribution in [3.05, 3.63) is 53.0 Å². The smallest absolute Gasteiger partial charge is 0.242 e. The Bertz CT molecular complexity index is 994. The van der Waals surface area contributed by atoms with Crippen LogP contribution in [0.5, 0.6) is 0 Å². The van der Waals surface area contributed by atoms with E-state index in [0.717, 1.165) is 5.76 Å². The van der Waals surface area contributed by atoms with Gasteiger partial charge in [0.25, 0.3) is 0 Å². The minimum absolute atomic E-state index is 0.171. The van der Waals surface area contributed by atoms with Crippen molar-refractivity contribution in [1.29, 1.82) is 0 Å². The van der Waals surface area contributed by atoms with Crippen LogP contribution in [0.15, 0.2) is 44.6 Å². The number of nitrogens with one attached hydrogen (secondary N) is 2. The highest BCUT2D eigenvalue weighted by Gasteiger charge is 2.28. The Morgan fingerprint density at radius 2 is 1.90 bits per heavy atom. The first-order valence-corrected chi connectivity index (χ1v) is 11.3. The normalized spacial score (nSPS) is 14.6.